The first-order valence-corrected chi connectivity index (χ1v) is 7.92. The van der Waals surface area contributed by atoms with E-state index in [-0.39, 0.29) is 4.90 Å². The van der Waals surface area contributed by atoms with E-state index in [4.69, 9.17) is 15.4 Å². The summed E-state index contributed by atoms with van der Waals surface area (Å²) in [6.45, 7) is 9.68. The molecule has 0 N–H and O–H groups in total. The number of hydrogen-bond donors (Lipinski definition) is 0. The number of rotatable bonds is 5. The van der Waals surface area contributed by atoms with Crippen LogP contribution in [0, 0.1) is 13.8 Å². The third-order valence-corrected chi connectivity index (χ3v) is 4.22. The summed E-state index contributed by atoms with van der Waals surface area (Å²) in [6.07, 6.45) is 0.853. The normalized spacial score (nSPS) is 11.3. The minimum atomic E-state index is -3.72. The monoisotopic (exact) mass is 288 g/mol. The number of ether oxygens (including phenoxy) is 1. The minimum Gasteiger partial charge on any atom is -0.489 e. The molecular weight excluding hydrogens is 272 g/mol. The van der Waals surface area contributed by atoms with E-state index in [1.54, 1.807) is 26.0 Å². The maximum atomic E-state index is 11.4. The molecule has 0 saturated heterocycles. The van der Waals surface area contributed by atoms with Crippen molar-refractivity contribution in [1.82, 2.24) is 0 Å². The third kappa shape index (κ3) is 3.75. The van der Waals surface area contributed by atoms with E-state index in [2.05, 4.69) is 6.58 Å². The van der Waals surface area contributed by atoms with E-state index in [1.807, 2.05) is 6.92 Å². The number of halogens is 1. The molecule has 0 atom stereocenters. The first-order chi connectivity index (χ1) is 8.25. The van der Waals surface area contributed by atoms with Crippen molar-refractivity contribution < 1.29 is 13.2 Å². The second kappa shape index (κ2) is 5.76. The van der Waals surface area contributed by atoms with Crippen molar-refractivity contribution in [2.45, 2.75) is 32.1 Å². The van der Waals surface area contributed by atoms with Crippen LogP contribution in [0.2, 0.25) is 0 Å². The maximum absolute atomic E-state index is 11.4. The van der Waals surface area contributed by atoms with Crippen LogP contribution >= 0.6 is 10.7 Å². The van der Waals surface area contributed by atoms with Crippen LogP contribution < -0.4 is 4.74 Å². The lowest BCUT2D eigenvalue weighted by Crippen LogP contribution is -2.03. The first kappa shape index (κ1) is 15.1. The van der Waals surface area contributed by atoms with Crippen LogP contribution in [0.25, 0.3) is 0 Å². The van der Waals surface area contributed by atoms with Gasteiger partial charge in [-0.2, -0.15) is 0 Å². The van der Waals surface area contributed by atoms with Gasteiger partial charge in [-0.1, -0.05) is 13.5 Å². The van der Waals surface area contributed by atoms with Gasteiger partial charge in [-0.3, -0.25) is 0 Å². The minimum absolute atomic E-state index is 0.158. The van der Waals surface area contributed by atoms with Crippen LogP contribution in [0.1, 0.15) is 24.5 Å². The fourth-order valence-corrected chi connectivity index (χ4v) is 3.28. The molecule has 0 bridgehead atoms. The van der Waals surface area contributed by atoms with Gasteiger partial charge in [0.2, 0.25) is 0 Å². The van der Waals surface area contributed by atoms with E-state index >= 15 is 0 Å². The average Bonchev–Trinajstić information content (AvgIpc) is 2.22. The third-order valence-electron chi connectivity index (χ3n) is 2.62. The highest BCUT2D eigenvalue weighted by atomic mass is 35.7. The van der Waals surface area contributed by atoms with E-state index < -0.39 is 9.05 Å². The van der Waals surface area contributed by atoms with Crippen molar-refractivity contribution in [1.29, 1.82) is 0 Å². The van der Waals surface area contributed by atoms with Crippen LogP contribution in [-0.4, -0.2) is 15.0 Å². The quantitative estimate of drug-likeness (QED) is 0.614. The van der Waals surface area contributed by atoms with Gasteiger partial charge in [0.05, 0.1) is 4.90 Å². The molecular formula is C13H17ClO3S. The van der Waals surface area contributed by atoms with Gasteiger partial charge in [-0.25, -0.2) is 8.42 Å². The Balaban J connectivity index is 3.04. The summed E-state index contributed by atoms with van der Waals surface area (Å²) in [6, 6.07) is 3.34. The molecule has 18 heavy (non-hydrogen) atoms. The lowest BCUT2D eigenvalue weighted by molar-refractivity contribution is 0.348. The highest BCUT2D eigenvalue weighted by Gasteiger charge is 2.17. The average molecular weight is 289 g/mol. The molecule has 100 valence electrons. The van der Waals surface area contributed by atoms with Crippen LogP contribution in [-0.2, 0) is 9.05 Å². The number of hydrogen-bond acceptors (Lipinski definition) is 3. The van der Waals surface area contributed by atoms with E-state index in [1.165, 1.54) is 0 Å². The van der Waals surface area contributed by atoms with E-state index in [9.17, 15) is 8.42 Å². The Hall–Kier alpha value is -1.00. The molecule has 0 aromatic heterocycles. The summed E-state index contributed by atoms with van der Waals surface area (Å²) in [4.78, 5) is 0.158. The van der Waals surface area contributed by atoms with Crippen LogP contribution in [0.15, 0.2) is 29.2 Å². The van der Waals surface area contributed by atoms with Gasteiger partial charge in [-0.15, -0.1) is 0 Å². The Morgan fingerprint density at radius 3 is 2.22 bits per heavy atom. The fourth-order valence-electron chi connectivity index (χ4n) is 1.67. The lowest BCUT2D eigenvalue weighted by atomic mass is 10.1. The molecule has 1 rings (SSSR count). The van der Waals surface area contributed by atoms with Gasteiger partial charge in [-0.05, 0) is 49.1 Å². The predicted molar refractivity (Wildman–Crippen MR) is 73.9 cm³/mol. The zero-order valence-corrected chi connectivity index (χ0v) is 12.4. The Morgan fingerprint density at radius 1 is 1.33 bits per heavy atom. The highest BCUT2D eigenvalue weighted by Crippen LogP contribution is 2.28. The maximum Gasteiger partial charge on any atom is 0.261 e. The smallest absolute Gasteiger partial charge is 0.261 e. The van der Waals surface area contributed by atoms with Crippen LogP contribution in [0.4, 0.5) is 0 Å². The molecule has 0 heterocycles. The molecule has 0 fully saturated rings. The van der Waals surface area contributed by atoms with Crippen molar-refractivity contribution in [3.05, 3.63) is 35.4 Å². The van der Waals surface area contributed by atoms with Crippen molar-refractivity contribution >= 4 is 19.7 Å². The summed E-state index contributed by atoms with van der Waals surface area (Å²) >= 11 is 0. The molecule has 3 nitrogen and oxygen atoms in total. The second-order valence-electron chi connectivity index (χ2n) is 4.22. The molecule has 5 heteroatoms. The van der Waals surface area contributed by atoms with E-state index in [0.717, 1.165) is 12.0 Å². The standard InChI is InChI=1S/C13H17ClO3S/c1-5-9(2)8-17-12-6-10(3)13(11(4)7-12)18(14,15)16/h6-7H,2,5,8H2,1,3-4H3. The summed E-state index contributed by atoms with van der Waals surface area (Å²) < 4.78 is 28.4. The van der Waals surface area contributed by atoms with Gasteiger partial charge in [0.1, 0.15) is 12.4 Å². The van der Waals surface area contributed by atoms with Gasteiger partial charge in [0, 0.05) is 10.7 Å². The Bertz CT molecular complexity index is 539. The van der Waals surface area contributed by atoms with Crippen molar-refractivity contribution in [3.8, 4) is 5.75 Å². The van der Waals surface area contributed by atoms with Crippen molar-refractivity contribution in [3.63, 3.8) is 0 Å². The molecule has 1 aromatic carbocycles. The van der Waals surface area contributed by atoms with Crippen LogP contribution in [0.3, 0.4) is 0 Å². The second-order valence-corrected chi connectivity index (χ2v) is 6.72. The molecule has 0 saturated carbocycles. The summed E-state index contributed by atoms with van der Waals surface area (Å²) in [7, 11) is 1.67. The highest BCUT2D eigenvalue weighted by molar-refractivity contribution is 8.13. The van der Waals surface area contributed by atoms with Crippen LogP contribution in [0.5, 0.6) is 5.75 Å². The Kier molecular flexibility index (Phi) is 4.82. The van der Waals surface area contributed by atoms with Gasteiger partial charge in [0.15, 0.2) is 0 Å². The summed E-state index contributed by atoms with van der Waals surface area (Å²) in [5.41, 5.74) is 2.16. The molecule has 0 spiro atoms. The van der Waals surface area contributed by atoms with Crippen molar-refractivity contribution in [2.24, 2.45) is 0 Å². The summed E-state index contributed by atoms with van der Waals surface area (Å²) in [5.74, 6) is 0.628. The summed E-state index contributed by atoms with van der Waals surface area (Å²) in [5, 5.41) is 0. The molecule has 0 amide bonds. The molecule has 0 aliphatic rings. The van der Waals surface area contributed by atoms with Gasteiger partial charge in [0.25, 0.3) is 9.05 Å². The number of benzene rings is 1. The van der Waals surface area contributed by atoms with E-state index in [0.29, 0.717) is 23.5 Å². The largest absolute Gasteiger partial charge is 0.489 e. The zero-order chi connectivity index (χ0) is 13.9. The molecule has 0 unspecified atom stereocenters. The Morgan fingerprint density at radius 2 is 1.83 bits per heavy atom. The predicted octanol–water partition coefficient (Wildman–Crippen LogP) is 3.58. The molecule has 0 aliphatic heterocycles. The lowest BCUT2D eigenvalue weighted by Gasteiger charge is -2.12. The topological polar surface area (TPSA) is 43.4 Å². The Labute approximate surface area is 113 Å². The molecule has 0 radical (unpaired) electrons. The SMILES string of the molecule is C=C(CC)COc1cc(C)c(S(=O)(=O)Cl)c(C)c1. The molecule has 1 aromatic rings. The fraction of sp³-hybridized carbons (Fsp3) is 0.385. The van der Waals surface area contributed by atoms with Crippen molar-refractivity contribution in [2.75, 3.05) is 6.61 Å². The van der Waals surface area contributed by atoms with Gasteiger partial charge < -0.3 is 4.74 Å². The number of aryl methyl sites for hydroxylation is 2. The van der Waals surface area contributed by atoms with Gasteiger partial charge >= 0.3 is 0 Å². The first-order valence-electron chi connectivity index (χ1n) is 5.61. The molecule has 0 aliphatic carbocycles. The zero-order valence-electron chi connectivity index (χ0n) is 10.8.